The zero-order valence-corrected chi connectivity index (χ0v) is 43.3. The van der Waals surface area contributed by atoms with Crippen molar-refractivity contribution in [1.82, 2.24) is 58.6 Å². The Balaban J connectivity index is 0.0000000978. The van der Waals surface area contributed by atoms with Crippen LogP contribution < -0.4 is 0 Å². The van der Waals surface area contributed by atoms with E-state index in [1.807, 2.05) is 34.0 Å². The average Bonchev–Trinajstić information content (AvgIpc) is 4.56. The van der Waals surface area contributed by atoms with Gasteiger partial charge in [-0.05, 0) is 60.7 Å². The Morgan fingerprint density at radius 1 is 0.244 bits per heavy atom. The van der Waals surface area contributed by atoms with Gasteiger partial charge in [-0.2, -0.15) is 0 Å². The number of para-hydroxylation sites is 3. The number of rotatable bonds is 3. The summed E-state index contributed by atoms with van der Waals surface area (Å²) in [6.45, 7) is 0. The van der Waals surface area contributed by atoms with Crippen molar-refractivity contribution in [2.75, 3.05) is 0 Å². The van der Waals surface area contributed by atoms with Crippen LogP contribution in [0.15, 0.2) is 220 Å². The lowest BCUT2D eigenvalue weighted by Crippen LogP contribution is -2.00. The molecule has 0 aliphatic rings. The number of aromatic nitrogens is 12. The lowest BCUT2D eigenvalue weighted by atomic mass is 10.1. The fraction of sp³-hybridized carbons (Fsp3) is 0. The van der Waals surface area contributed by atoms with Gasteiger partial charge in [-0.1, -0.05) is 121 Å². The van der Waals surface area contributed by atoms with E-state index in [1.165, 1.54) is 92.8 Å². The van der Waals surface area contributed by atoms with E-state index in [4.69, 9.17) is 0 Å². The fourth-order valence-corrected chi connectivity index (χ4v) is 14.9. The third-order valence-corrected chi connectivity index (χ3v) is 18.0. The lowest BCUT2D eigenvalue weighted by Gasteiger charge is -2.06. The molecule has 12 nitrogen and oxygen atoms in total. The number of hydrogen-bond donors (Lipinski definition) is 0. The minimum Gasteiger partial charge on any atom is -0.278 e. The molecular formula is C63H36N12S3. The molecule has 0 bridgehead atoms. The van der Waals surface area contributed by atoms with Gasteiger partial charge in [-0.15, -0.1) is 34.0 Å². The molecular weight excluding hydrogens is 1020 g/mol. The summed E-state index contributed by atoms with van der Waals surface area (Å²) in [7, 11) is 0. The lowest BCUT2D eigenvalue weighted by molar-refractivity contribution is 0.939. The normalized spacial score (nSPS) is 11.8. The highest BCUT2D eigenvalue weighted by atomic mass is 32.1. The molecule has 9 heterocycles. The van der Waals surface area contributed by atoms with E-state index >= 15 is 0 Å². The van der Waals surface area contributed by atoms with E-state index in [-0.39, 0.29) is 0 Å². The zero-order valence-electron chi connectivity index (χ0n) is 40.9. The molecule has 0 atom stereocenters. The largest absolute Gasteiger partial charge is 0.278 e. The second-order valence-electron chi connectivity index (χ2n) is 18.7. The van der Waals surface area contributed by atoms with E-state index < -0.39 is 0 Å². The Morgan fingerprint density at radius 2 is 0.641 bits per heavy atom. The molecule has 0 saturated heterocycles. The smallest absolute Gasteiger partial charge is 0.237 e. The summed E-state index contributed by atoms with van der Waals surface area (Å²) < 4.78 is 14.2. The molecule has 15 heteroatoms. The molecule has 366 valence electrons. The topological polar surface area (TPSA) is 131 Å². The molecule has 0 amide bonds. The van der Waals surface area contributed by atoms with Crippen molar-refractivity contribution < 1.29 is 0 Å². The maximum absolute atomic E-state index is 4.44. The molecule has 0 unspecified atom stereocenters. The minimum absolute atomic E-state index is 0.644. The van der Waals surface area contributed by atoms with Gasteiger partial charge in [0.15, 0.2) is 0 Å². The van der Waals surface area contributed by atoms with Crippen LogP contribution in [0.25, 0.3) is 144 Å². The van der Waals surface area contributed by atoms with E-state index in [2.05, 4.69) is 241 Å². The number of benzene rings is 9. The highest BCUT2D eigenvalue weighted by Crippen LogP contribution is 2.46. The molecule has 0 fully saturated rings. The predicted octanol–water partition coefficient (Wildman–Crippen LogP) is 16.0. The highest BCUT2D eigenvalue weighted by molar-refractivity contribution is 7.27. The van der Waals surface area contributed by atoms with Crippen LogP contribution in [0.2, 0.25) is 0 Å². The Kier molecular flexibility index (Phi) is 10.2. The van der Waals surface area contributed by atoms with Crippen LogP contribution in [0.1, 0.15) is 0 Å². The van der Waals surface area contributed by atoms with E-state index in [1.54, 1.807) is 38.0 Å². The standard InChI is InChI=1S/3C21H12N4S/c1-3-7-16-15(6-1)19-17(25(16)21-23-11-22-12-24-21)10-9-14-13-5-2-4-8-18(13)26-20(14)19;1-3-7-16-13(5-1)14-9-10-18-19(15-6-2-4-8-17(15)26-18)20(14)25(16)21-23-11-22-12-24-21;1-3-7-15-13(5-1)19-16(25(15)21-23-11-22-12-24-21)9-10-18-20(19)14-6-2-4-8-17(14)26-18/h3*1-12H. The van der Waals surface area contributed by atoms with Crippen LogP contribution in [-0.2, 0) is 0 Å². The second kappa shape index (κ2) is 17.9. The Labute approximate surface area is 453 Å². The molecule has 0 aliphatic carbocycles. The van der Waals surface area contributed by atoms with Crippen LogP contribution in [0, 0.1) is 0 Å². The Morgan fingerprint density at radius 3 is 1.23 bits per heavy atom. The van der Waals surface area contributed by atoms with Gasteiger partial charge in [0.25, 0.3) is 0 Å². The van der Waals surface area contributed by atoms with Gasteiger partial charge >= 0.3 is 0 Å². The van der Waals surface area contributed by atoms with Gasteiger partial charge in [0.2, 0.25) is 17.8 Å². The van der Waals surface area contributed by atoms with Crippen molar-refractivity contribution in [1.29, 1.82) is 0 Å². The van der Waals surface area contributed by atoms with Crippen LogP contribution in [0.4, 0.5) is 0 Å². The molecule has 0 spiro atoms. The van der Waals surface area contributed by atoms with Crippen molar-refractivity contribution in [3.05, 3.63) is 220 Å². The summed E-state index contributed by atoms with van der Waals surface area (Å²) in [5.41, 5.74) is 6.73. The van der Waals surface area contributed by atoms with Crippen LogP contribution in [-0.4, -0.2) is 58.6 Å². The molecule has 0 radical (unpaired) electrons. The molecule has 9 aromatic heterocycles. The van der Waals surface area contributed by atoms with E-state index in [0.717, 1.165) is 33.1 Å². The summed E-state index contributed by atoms with van der Waals surface area (Å²) in [5.74, 6) is 1.94. The number of hydrogen-bond acceptors (Lipinski definition) is 12. The van der Waals surface area contributed by atoms with Gasteiger partial charge in [0.1, 0.15) is 38.0 Å². The first-order chi connectivity index (χ1) is 38.7. The third-order valence-electron chi connectivity index (χ3n) is 14.6. The molecule has 78 heavy (non-hydrogen) atoms. The van der Waals surface area contributed by atoms with Crippen LogP contribution in [0.5, 0.6) is 0 Å². The Hall–Kier alpha value is -9.93. The maximum atomic E-state index is 4.44. The summed E-state index contributed by atoms with van der Waals surface area (Å²) in [4.78, 5) is 38.3. The monoisotopic (exact) mass is 1060 g/mol. The van der Waals surface area contributed by atoms with Crippen molar-refractivity contribution in [3.8, 4) is 17.8 Å². The van der Waals surface area contributed by atoms with Crippen molar-refractivity contribution >= 4 is 160 Å². The first-order valence-corrected chi connectivity index (χ1v) is 27.6. The first kappa shape index (κ1) is 44.4. The maximum Gasteiger partial charge on any atom is 0.237 e. The Bertz CT molecular complexity index is 5340. The van der Waals surface area contributed by atoms with Gasteiger partial charge in [0.05, 0.1) is 33.1 Å². The first-order valence-electron chi connectivity index (χ1n) is 25.1. The van der Waals surface area contributed by atoms with Gasteiger partial charge < -0.3 is 0 Å². The van der Waals surface area contributed by atoms with Crippen LogP contribution >= 0.6 is 34.0 Å². The molecule has 18 aromatic rings. The van der Waals surface area contributed by atoms with Gasteiger partial charge in [-0.25, -0.2) is 44.9 Å². The third kappa shape index (κ3) is 6.78. The SMILES string of the molecule is c1ccc2c(c1)sc1c2ccc2c1c1ccccc1n2-c1ncncn1.c1ccc2c(c1)sc1ccc3c(c4ccccc4n3-c3ncncn3)c12.c1ccc2c(c1)sc1ccc3c4ccccc4n(-c4ncncn4)c3c12. The summed E-state index contributed by atoms with van der Waals surface area (Å²) in [6.07, 6.45) is 9.27. The quantitative estimate of drug-likeness (QED) is 0.170. The van der Waals surface area contributed by atoms with Gasteiger partial charge in [-0.3, -0.25) is 13.7 Å². The second-order valence-corrected chi connectivity index (χ2v) is 21.9. The molecule has 0 saturated carbocycles. The fourth-order valence-electron chi connectivity index (χ4n) is 11.5. The summed E-state index contributed by atoms with van der Waals surface area (Å²) >= 11 is 5.51. The highest BCUT2D eigenvalue weighted by Gasteiger charge is 2.22. The molecule has 0 aliphatic heterocycles. The predicted molar refractivity (Wildman–Crippen MR) is 321 cm³/mol. The molecule has 18 rings (SSSR count). The number of fused-ring (bicyclic) bond motifs is 21. The van der Waals surface area contributed by atoms with E-state index in [0.29, 0.717) is 17.8 Å². The summed E-state index contributed by atoms with van der Waals surface area (Å²) in [5, 5.41) is 15.2. The number of nitrogens with zero attached hydrogens (tertiary/aromatic N) is 12. The van der Waals surface area contributed by atoms with Crippen LogP contribution in [0.3, 0.4) is 0 Å². The van der Waals surface area contributed by atoms with Crippen molar-refractivity contribution in [2.45, 2.75) is 0 Å². The zero-order chi connectivity index (χ0) is 51.3. The molecule has 9 aromatic carbocycles. The average molecular weight is 1060 g/mol. The summed E-state index contributed by atoms with van der Waals surface area (Å²) in [6, 6.07) is 64.3. The van der Waals surface area contributed by atoms with Crippen molar-refractivity contribution in [3.63, 3.8) is 0 Å². The van der Waals surface area contributed by atoms with Crippen molar-refractivity contribution in [2.24, 2.45) is 0 Å². The van der Waals surface area contributed by atoms with Gasteiger partial charge in [0, 0.05) is 92.8 Å². The molecule has 0 N–H and O–H groups in total. The minimum atomic E-state index is 0.644. The number of thiophene rings is 3. The van der Waals surface area contributed by atoms with E-state index in [9.17, 15) is 0 Å².